The van der Waals surface area contributed by atoms with Crippen LogP contribution in [0, 0.1) is 0 Å². The van der Waals surface area contributed by atoms with Gasteiger partial charge in [-0.2, -0.15) is 0 Å². The van der Waals surface area contributed by atoms with E-state index < -0.39 is 6.10 Å². The van der Waals surface area contributed by atoms with Gasteiger partial charge < -0.3 is 14.2 Å². The number of rotatable bonds is 46. The lowest BCUT2D eigenvalue weighted by atomic mass is 10.1. The molecule has 6 heteroatoms. The van der Waals surface area contributed by atoms with Gasteiger partial charge in [-0.3, -0.25) is 14.4 Å². The number of unbranched alkanes of at least 4 members (excludes halogenated alkanes) is 11. The predicted molar refractivity (Wildman–Crippen MR) is 292 cm³/mol. The quantitative estimate of drug-likeness (QED) is 0.0262. The third-order valence-electron chi connectivity index (χ3n) is 10.5. The first-order valence-electron chi connectivity index (χ1n) is 26.8. The smallest absolute Gasteiger partial charge is 0.306 e. The Kier molecular flexibility index (Phi) is 51.1. The number of hydrogen-bond acceptors (Lipinski definition) is 6. The first-order valence-corrected chi connectivity index (χ1v) is 26.8. The molecule has 0 aromatic heterocycles. The van der Waals surface area contributed by atoms with Gasteiger partial charge in [0.15, 0.2) is 6.10 Å². The summed E-state index contributed by atoms with van der Waals surface area (Å²) in [6.45, 7) is 6.25. The summed E-state index contributed by atoms with van der Waals surface area (Å²) in [6, 6.07) is 0. The van der Waals surface area contributed by atoms with Crippen LogP contribution >= 0.6 is 0 Å². The number of allylic oxidation sites excluding steroid dienone is 24. The van der Waals surface area contributed by atoms with E-state index in [2.05, 4.69) is 167 Å². The van der Waals surface area contributed by atoms with Gasteiger partial charge in [0.25, 0.3) is 0 Å². The molecule has 0 aliphatic heterocycles. The number of carbonyl (C=O) groups is 3. The number of hydrogen-bond donors (Lipinski definition) is 0. The van der Waals surface area contributed by atoms with Crippen LogP contribution in [0.2, 0.25) is 0 Å². The molecule has 380 valence electrons. The number of carbonyl (C=O) groups excluding carboxylic acids is 3. The highest BCUT2D eigenvalue weighted by molar-refractivity contribution is 5.71. The minimum atomic E-state index is -0.824. The van der Waals surface area contributed by atoms with Crippen LogP contribution in [-0.2, 0) is 28.6 Å². The monoisotopic (exact) mass is 937 g/mol. The summed E-state index contributed by atoms with van der Waals surface area (Å²) in [5.74, 6) is -1.02. The van der Waals surface area contributed by atoms with Crippen LogP contribution in [-0.4, -0.2) is 37.2 Å². The van der Waals surface area contributed by atoms with Gasteiger partial charge in [0.2, 0.25) is 0 Å². The van der Waals surface area contributed by atoms with E-state index in [4.69, 9.17) is 14.2 Å². The molecule has 1 unspecified atom stereocenters. The zero-order chi connectivity index (χ0) is 49.3. The fourth-order valence-electron chi connectivity index (χ4n) is 6.60. The zero-order valence-corrected chi connectivity index (χ0v) is 43.3. The molecule has 1 atom stereocenters. The Hall–Kier alpha value is -4.71. The lowest BCUT2D eigenvalue weighted by molar-refractivity contribution is -0.167. The molecular formula is C62H96O6. The fraction of sp³-hybridized carbons (Fsp3) is 0.565. The van der Waals surface area contributed by atoms with Crippen LogP contribution in [0.5, 0.6) is 0 Å². The lowest BCUT2D eigenvalue weighted by Gasteiger charge is -2.18. The summed E-state index contributed by atoms with van der Waals surface area (Å²) >= 11 is 0. The third-order valence-corrected chi connectivity index (χ3v) is 10.5. The second kappa shape index (κ2) is 54.9. The van der Waals surface area contributed by atoms with Gasteiger partial charge in [0.1, 0.15) is 13.2 Å². The van der Waals surface area contributed by atoms with Crippen LogP contribution in [0.25, 0.3) is 0 Å². The Morgan fingerprint density at radius 3 is 0.971 bits per heavy atom. The molecule has 0 radical (unpaired) electrons. The second-order valence-electron chi connectivity index (χ2n) is 17.0. The first kappa shape index (κ1) is 63.3. The molecule has 0 fully saturated rings. The SMILES string of the molecule is CC/C=C\C/C=C\C/C=C\C/C=C\C/C=C\C/C=C\C/C=C\CCCC(=O)OCC(COC(=O)CCCCCCC/C=C\CCC)OC(=O)CCCCCC/C=C\C/C=C\C/C=C\C/C=C\CC. The molecule has 0 amide bonds. The van der Waals surface area contributed by atoms with Gasteiger partial charge in [-0.05, 0) is 128 Å². The highest BCUT2D eigenvalue weighted by atomic mass is 16.6. The van der Waals surface area contributed by atoms with E-state index in [0.29, 0.717) is 12.8 Å². The Morgan fingerprint density at radius 1 is 0.309 bits per heavy atom. The lowest BCUT2D eigenvalue weighted by Crippen LogP contribution is -2.30. The molecule has 68 heavy (non-hydrogen) atoms. The van der Waals surface area contributed by atoms with Gasteiger partial charge in [-0.15, -0.1) is 0 Å². The maximum atomic E-state index is 12.8. The summed E-state index contributed by atoms with van der Waals surface area (Å²) in [7, 11) is 0. The molecule has 0 aliphatic carbocycles. The van der Waals surface area contributed by atoms with Crippen LogP contribution < -0.4 is 0 Å². The van der Waals surface area contributed by atoms with Crippen molar-refractivity contribution >= 4 is 17.9 Å². The predicted octanol–water partition coefficient (Wildman–Crippen LogP) is 18.0. The third kappa shape index (κ3) is 52.3. The maximum Gasteiger partial charge on any atom is 0.306 e. The van der Waals surface area contributed by atoms with E-state index in [0.717, 1.165) is 148 Å². The summed E-state index contributed by atoms with van der Waals surface area (Å²) < 4.78 is 16.7. The van der Waals surface area contributed by atoms with Gasteiger partial charge in [-0.1, -0.05) is 205 Å². The van der Waals surface area contributed by atoms with E-state index >= 15 is 0 Å². The van der Waals surface area contributed by atoms with E-state index in [1.165, 1.54) is 12.8 Å². The minimum absolute atomic E-state index is 0.117. The van der Waals surface area contributed by atoms with Crippen molar-refractivity contribution in [2.45, 2.75) is 213 Å². The van der Waals surface area contributed by atoms with Gasteiger partial charge in [-0.25, -0.2) is 0 Å². The molecule has 0 N–H and O–H groups in total. The second-order valence-corrected chi connectivity index (χ2v) is 17.0. The highest BCUT2D eigenvalue weighted by Crippen LogP contribution is 2.12. The topological polar surface area (TPSA) is 78.9 Å². The Balaban J connectivity index is 4.51. The van der Waals surface area contributed by atoms with Gasteiger partial charge >= 0.3 is 17.9 Å². The van der Waals surface area contributed by atoms with Gasteiger partial charge in [0.05, 0.1) is 0 Å². The van der Waals surface area contributed by atoms with Crippen molar-refractivity contribution in [1.82, 2.24) is 0 Å². The summed E-state index contributed by atoms with van der Waals surface area (Å²) in [5, 5.41) is 0. The van der Waals surface area contributed by atoms with Crippen molar-refractivity contribution in [3.05, 3.63) is 146 Å². The molecule has 6 nitrogen and oxygen atoms in total. The van der Waals surface area contributed by atoms with Crippen LogP contribution in [0.4, 0.5) is 0 Å². The molecule has 0 spiro atoms. The Morgan fingerprint density at radius 2 is 0.588 bits per heavy atom. The molecule has 0 saturated heterocycles. The molecular weight excluding hydrogens is 841 g/mol. The molecule has 0 heterocycles. The summed E-state index contributed by atoms with van der Waals surface area (Å²) in [5.41, 5.74) is 0. The average Bonchev–Trinajstić information content (AvgIpc) is 3.34. The minimum Gasteiger partial charge on any atom is -0.462 e. The van der Waals surface area contributed by atoms with E-state index in [9.17, 15) is 14.4 Å². The standard InChI is InChI=1S/C62H96O6/c1-4-7-10-13-16-19-22-24-26-28-29-30-31-32-33-35-36-38-40-43-46-49-52-55-61(64)67-58-59(57-66-60(63)54-51-48-45-42-21-18-15-12-9-6-3)68-62(65)56-53-50-47-44-41-39-37-34-27-25-23-20-17-14-11-8-5-2/h7-8,10-12,15-17,19-20,24-27,29-30,32-33,36-39,43,46,59H,4-6,9,13-14,18,21-23,28,31,34-35,40-42,44-45,47-58H2,1-3H3/b10-7-,11-8-,15-12-,19-16-,20-17-,26-24-,27-25-,30-29-,33-32-,38-36-,39-37-,46-43-. The van der Waals surface area contributed by atoms with Crippen LogP contribution in [0.3, 0.4) is 0 Å². The number of esters is 3. The largest absolute Gasteiger partial charge is 0.462 e. The zero-order valence-electron chi connectivity index (χ0n) is 43.3. The molecule has 0 aromatic rings. The average molecular weight is 937 g/mol. The van der Waals surface area contributed by atoms with Crippen molar-refractivity contribution in [2.75, 3.05) is 13.2 Å². The molecule has 0 aliphatic rings. The highest BCUT2D eigenvalue weighted by Gasteiger charge is 2.19. The normalized spacial score (nSPS) is 13.3. The van der Waals surface area contributed by atoms with Crippen molar-refractivity contribution in [3.63, 3.8) is 0 Å². The van der Waals surface area contributed by atoms with Crippen molar-refractivity contribution in [3.8, 4) is 0 Å². The van der Waals surface area contributed by atoms with E-state index in [1.54, 1.807) is 0 Å². The summed E-state index contributed by atoms with van der Waals surface area (Å²) in [4.78, 5) is 38.0. The van der Waals surface area contributed by atoms with Crippen molar-refractivity contribution in [1.29, 1.82) is 0 Å². The Bertz CT molecular complexity index is 1540. The van der Waals surface area contributed by atoms with Crippen molar-refractivity contribution < 1.29 is 28.6 Å². The summed E-state index contributed by atoms with van der Waals surface area (Å²) in [6.07, 6.45) is 78.4. The van der Waals surface area contributed by atoms with E-state index in [1.807, 2.05) is 0 Å². The van der Waals surface area contributed by atoms with Crippen LogP contribution in [0.15, 0.2) is 146 Å². The first-order chi connectivity index (χ1) is 33.5. The van der Waals surface area contributed by atoms with E-state index in [-0.39, 0.29) is 44.0 Å². The maximum absolute atomic E-state index is 12.8. The van der Waals surface area contributed by atoms with Gasteiger partial charge in [0, 0.05) is 19.3 Å². The number of ether oxygens (including phenoxy) is 3. The van der Waals surface area contributed by atoms with Crippen molar-refractivity contribution in [2.24, 2.45) is 0 Å². The molecule has 0 bridgehead atoms. The Labute approximate surface area is 417 Å². The molecule has 0 aromatic carbocycles. The molecule has 0 saturated carbocycles. The molecule has 0 rings (SSSR count). The van der Waals surface area contributed by atoms with Crippen LogP contribution in [0.1, 0.15) is 207 Å². The fourth-order valence-corrected chi connectivity index (χ4v) is 6.60.